The maximum absolute atomic E-state index is 12.1. The van der Waals surface area contributed by atoms with E-state index in [4.69, 9.17) is 4.84 Å². The van der Waals surface area contributed by atoms with E-state index in [1.165, 1.54) is 6.21 Å². The molecule has 1 aromatic rings. The molecule has 102 valence electrons. The lowest BCUT2D eigenvalue weighted by molar-refractivity contribution is -0.115. The number of benzene rings is 1. The number of nitrogens with zero attached hydrogens (tertiary/aromatic N) is 1. The third-order valence-corrected chi connectivity index (χ3v) is 2.60. The first kappa shape index (κ1) is 15.0. The number of allylic oxidation sites excluding steroid dienone is 1. The van der Waals surface area contributed by atoms with Crippen LogP contribution in [0, 0.1) is 6.92 Å². The molecule has 0 bridgehead atoms. The molecule has 0 unspecified atom stereocenters. The lowest BCUT2D eigenvalue weighted by atomic mass is 10.00. The van der Waals surface area contributed by atoms with Crippen molar-refractivity contribution in [1.82, 2.24) is 5.32 Å². The minimum Gasteiger partial charge on any atom is -0.396 e. The Morgan fingerprint density at radius 1 is 1.42 bits per heavy atom. The summed E-state index contributed by atoms with van der Waals surface area (Å²) in [6.45, 7) is 6.57. The van der Waals surface area contributed by atoms with Crippen LogP contribution in [0.3, 0.4) is 0 Å². The molecular weight excluding hydrogens is 240 g/mol. The minimum atomic E-state index is -0.111. The highest BCUT2D eigenvalue weighted by Crippen LogP contribution is 2.18. The van der Waals surface area contributed by atoms with Crippen LogP contribution < -0.4 is 5.32 Å². The van der Waals surface area contributed by atoms with E-state index in [1.54, 1.807) is 0 Å². The van der Waals surface area contributed by atoms with Gasteiger partial charge in [-0.15, -0.1) is 0 Å². The van der Waals surface area contributed by atoms with Crippen molar-refractivity contribution < 1.29 is 9.63 Å². The second-order valence-electron chi connectivity index (χ2n) is 3.93. The Balaban J connectivity index is 2.66. The maximum Gasteiger partial charge on any atom is 0.251 e. The molecular formula is C15H20N2O2. The van der Waals surface area contributed by atoms with E-state index in [9.17, 15) is 4.79 Å². The summed E-state index contributed by atoms with van der Waals surface area (Å²) in [6.07, 6.45) is 3.35. The molecule has 0 saturated carbocycles. The summed E-state index contributed by atoms with van der Waals surface area (Å²) in [5, 5.41) is 6.46. The molecule has 0 fully saturated rings. The smallest absolute Gasteiger partial charge is 0.251 e. The Hall–Kier alpha value is -2.10. The summed E-state index contributed by atoms with van der Waals surface area (Å²) < 4.78 is 0. The molecule has 1 aromatic carbocycles. The highest BCUT2D eigenvalue weighted by molar-refractivity contribution is 6.20. The molecule has 0 aliphatic rings. The van der Waals surface area contributed by atoms with Gasteiger partial charge in [0.15, 0.2) is 0 Å². The number of hydrogen-bond donors (Lipinski definition) is 1. The maximum atomic E-state index is 12.1. The summed E-state index contributed by atoms with van der Waals surface area (Å²) >= 11 is 0. The van der Waals surface area contributed by atoms with E-state index in [-0.39, 0.29) is 5.91 Å². The highest BCUT2D eigenvalue weighted by atomic mass is 16.6. The van der Waals surface area contributed by atoms with E-state index in [1.807, 2.05) is 51.1 Å². The summed E-state index contributed by atoms with van der Waals surface area (Å²) in [5.74, 6) is -0.111. The van der Waals surface area contributed by atoms with Crippen LogP contribution in [-0.4, -0.2) is 25.3 Å². The lowest BCUT2D eigenvalue weighted by Gasteiger charge is -2.09. The number of aryl methyl sites for hydroxylation is 1. The van der Waals surface area contributed by atoms with E-state index < -0.39 is 0 Å². The molecule has 0 radical (unpaired) electrons. The zero-order chi connectivity index (χ0) is 14.1. The predicted molar refractivity (Wildman–Crippen MR) is 78.0 cm³/mol. The lowest BCUT2D eigenvalue weighted by Crippen LogP contribution is -2.26. The van der Waals surface area contributed by atoms with Crippen molar-refractivity contribution >= 4 is 17.7 Å². The van der Waals surface area contributed by atoms with Gasteiger partial charge in [-0.25, -0.2) is 0 Å². The quantitative estimate of drug-likeness (QED) is 0.485. The molecule has 4 heteroatoms. The van der Waals surface area contributed by atoms with Crippen LogP contribution in [-0.2, 0) is 9.63 Å². The Bertz CT molecular complexity index is 479. The SMILES string of the molecule is CC=C(C(=O)NCC=NOCC)c1ccccc1C. The van der Waals surface area contributed by atoms with E-state index in [0.29, 0.717) is 18.7 Å². The average molecular weight is 260 g/mol. The molecule has 0 aliphatic carbocycles. The van der Waals surface area contributed by atoms with Gasteiger partial charge in [0, 0.05) is 5.57 Å². The van der Waals surface area contributed by atoms with Crippen molar-refractivity contribution in [2.45, 2.75) is 20.8 Å². The molecule has 4 nitrogen and oxygen atoms in total. The average Bonchev–Trinajstić information content (AvgIpc) is 2.41. The Labute approximate surface area is 114 Å². The van der Waals surface area contributed by atoms with Gasteiger partial charge < -0.3 is 10.2 Å². The van der Waals surface area contributed by atoms with Gasteiger partial charge in [-0.1, -0.05) is 35.5 Å². The molecule has 1 N–H and O–H groups in total. The highest BCUT2D eigenvalue weighted by Gasteiger charge is 2.11. The van der Waals surface area contributed by atoms with Crippen LogP contribution in [0.15, 0.2) is 35.5 Å². The Kier molecular flexibility index (Phi) is 6.36. The molecule has 1 rings (SSSR count). The largest absolute Gasteiger partial charge is 0.396 e. The van der Waals surface area contributed by atoms with Crippen molar-refractivity contribution in [3.05, 3.63) is 41.5 Å². The van der Waals surface area contributed by atoms with Crippen LogP contribution in [0.2, 0.25) is 0 Å². The monoisotopic (exact) mass is 260 g/mol. The molecule has 0 aromatic heterocycles. The number of nitrogens with one attached hydrogen (secondary N) is 1. The second kappa shape index (κ2) is 8.08. The van der Waals surface area contributed by atoms with Gasteiger partial charge in [0.1, 0.15) is 6.61 Å². The summed E-state index contributed by atoms with van der Waals surface area (Å²) in [4.78, 5) is 16.9. The van der Waals surface area contributed by atoms with Gasteiger partial charge in [-0.2, -0.15) is 0 Å². The van der Waals surface area contributed by atoms with Crippen LogP contribution in [0.4, 0.5) is 0 Å². The van der Waals surface area contributed by atoms with Gasteiger partial charge in [0.05, 0.1) is 12.8 Å². The molecule has 0 aliphatic heterocycles. The fraction of sp³-hybridized carbons (Fsp3) is 0.333. The molecule has 0 saturated heterocycles. The third kappa shape index (κ3) is 4.58. The minimum absolute atomic E-state index is 0.111. The number of carbonyl (C=O) groups is 1. The van der Waals surface area contributed by atoms with Crippen molar-refractivity contribution in [3.63, 3.8) is 0 Å². The van der Waals surface area contributed by atoms with Gasteiger partial charge >= 0.3 is 0 Å². The summed E-state index contributed by atoms with van der Waals surface area (Å²) in [7, 11) is 0. The van der Waals surface area contributed by atoms with E-state index in [0.717, 1.165) is 11.1 Å². The van der Waals surface area contributed by atoms with Crippen molar-refractivity contribution in [3.8, 4) is 0 Å². The Morgan fingerprint density at radius 3 is 2.79 bits per heavy atom. The molecule has 0 atom stereocenters. The van der Waals surface area contributed by atoms with Crippen LogP contribution in [0.5, 0.6) is 0 Å². The zero-order valence-electron chi connectivity index (χ0n) is 11.6. The topological polar surface area (TPSA) is 50.7 Å². The van der Waals surface area contributed by atoms with Crippen molar-refractivity contribution in [2.75, 3.05) is 13.2 Å². The Morgan fingerprint density at radius 2 is 2.16 bits per heavy atom. The molecule has 19 heavy (non-hydrogen) atoms. The number of rotatable bonds is 6. The fourth-order valence-electron chi connectivity index (χ4n) is 1.68. The number of hydrogen-bond acceptors (Lipinski definition) is 3. The first-order valence-electron chi connectivity index (χ1n) is 6.35. The van der Waals surface area contributed by atoms with Gasteiger partial charge in [-0.3, -0.25) is 4.79 Å². The van der Waals surface area contributed by atoms with Crippen LogP contribution in [0.1, 0.15) is 25.0 Å². The second-order valence-corrected chi connectivity index (χ2v) is 3.93. The van der Waals surface area contributed by atoms with Gasteiger partial charge in [0.2, 0.25) is 0 Å². The molecule has 1 amide bonds. The zero-order valence-corrected chi connectivity index (χ0v) is 11.6. The van der Waals surface area contributed by atoms with Crippen molar-refractivity contribution in [2.24, 2.45) is 5.16 Å². The van der Waals surface area contributed by atoms with Gasteiger partial charge in [0.25, 0.3) is 5.91 Å². The van der Waals surface area contributed by atoms with E-state index in [2.05, 4.69) is 10.5 Å². The molecule has 0 heterocycles. The number of amides is 1. The third-order valence-electron chi connectivity index (χ3n) is 2.60. The van der Waals surface area contributed by atoms with Crippen molar-refractivity contribution in [1.29, 1.82) is 0 Å². The number of carbonyl (C=O) groups excluding carboxylic acids is 1. The first-order chi connectivity index (χ1) is 9.20. The predicted octanol–water partition coefficient (Wildman–Crippen LogP) is 2.54. The summed E-state index contributed by atoms with van der Waals surface area (Å²) in [6, 6.07) is 7.82. The standard InChI is InChI=1S/C15H20N2O2/c1-4-13(14-9-7-6-8-12(14)3)15(18)16-10-11-17-19-5-2/h4,6-9,11H,5,10H2,1-3H3,(H,16,18). The van der Waals surface area contributed by atoms with Gasteiger partial charge in [-0.05, 0) is 31.9 Å². The van der Waals surface area contributed by atoms with Crippen LogP contribution in [0.25, 0.3) is 5.57 Å². The van der Waals surface area contributed by atoms with E-state index >= 15 is 0 Å². The summed E-state index contributed by atoms with van der Waals surface area (Å²) in [5.41, 5.74) is 2.70. The van der Waals surface area contributed by atoms with Crippen LogP contribution >= 0.6 is 0 Å². The fourth-order valence-corrected chi connectivity index (χ4v) is 1.68. The normalized spacial score (nSPS) is 11.6. The molecule has 0 spiro atoms. The number of oxime groups is 1. The first-order valence-corrected chi connectivity index (χ1v) is 6.35.